The molecular weight excluding hydrogens is 344 g/mol. The van der Waals surface area contributed by atoms with Crippen molar-refractivity contribution >= 4 is 21.6 Å². The van der Waals surface area contributed by atoms with Crippen molar-refractivity contribution in [3.63, 3.8) is 0 Å². The van der Waals surface area contributed by atoms with Gasteiger partial charge in [0.05, 0.1) is 17.6 Å². The summed E-state index contributed by atoms with van der Waals surface area (Å²) in [4.78, 5) is 24.5. The lowest BCUT2D eigenvalue weighted by Gasteiger charge is -2.13. The van der Waals surface area contributed by atoms with Gasteiger partial charge in [-0.15, -0.1) is 0 Å². The van der Waals surface area contributed by atoms with Crippen LogP contribution in [0.4, 0.5) is 0 Å². The molecule has 25 heavy (non-hydrogen) atoms. The van der Waals surface area contributed by atoms with Crippen LogP contribution in [0.1, 0.15) is 27.6 Å². The number of carbonyl (C=O) groups is 2. The van der Waals surface area contributed by atoms with Crippen LogP contribution in [0.5, 0.6) is 5.75 Å². The highest BCUT2D eigenvalue weighted by molar-refractivity contribution is 7.90. The molecule has 0 bridgehead atoms. The number of rotatable bonds is 6. The standard InChI is InChI=1S/C18H18O6S/c1-12(17(19)13-4-8-15(23-2)9-5-13)24-18(20)14-6-10-16(11-7-14)25(3,21)22/h4-12H,1-3H3/t12-/m0/s1. The maximum Gasteiger partial charge on any atom is 0.338 e. The summed E-state index contributed by atoms with van der Waals surface area (Å²) in [5.41, 5.74) is 0.565. The van der Waals surface area contributed by atoms with Crippen molar-refractivity contribution in [2.24, 2.45) is 0 Å². The van der Waals surface area contributed by atoms with Crippen molar-refractivity contribution in [2.45, 2.75) is 17.9 Å². The van der Waals surface area contributed by atoms with Crippen molar-refractivity contribution < 1.29 is 27.5 Å². The Kier molecular flexibility index (Phi) is 5.58. The molecule has 132 valence electrons. The van der Waals surface area contributed by atoms with E-state index in [1.807, 2.05) is 0 Å². The molecule has 0 aromatic heterocycles. The highest BCUT2D eigenvalue weighted by Crippen LogP contribution is 2.15. The third kappa shape index (κ3) is 4.67. The van der Waals surface area contributed by atoms with Crippen molar-refractivity contribution in [3.05, 3.63) is 59.7 Å². The predicted octanol–water partition coefficient (Wildman–Crippen LogP) is 2.53. The molecule has 0 radical (unpaired) electrons. The molecular formula is C18H18O6S. The first-order valence-electron chi connectivity index (χ1n) is 7.41. The number of hydrogen-bond donors (Lipinski definition) is 0. The Balaban J connectivity index is 2.07. The SMILES string of the molecule is COc1ccc(C(=O)[C@H](C)OC(=O)c2ccc(S(C)(=O)=O)cc2)cc1. The summed E-state index contributed by atoms with van der Waals surface area (Å²) in [7, 11) is -1.82. The molecule has 2 aromatic carbocycles. The Labute approximate surface area is 146 Å². The first kappa shape index (κ1) is 18.7. The van der Waals surface area contributed by atoms with Crippen molar-refractivity contribution in [2.75, 3.05) is 13.4 Å². The van der Waals surface area contributed by atoms with E-state index in [4.69, 9.17) is 9.47 Å². The Morgan fingerprint density at radius 1 is 0.920 bits per heavy atom. The summed E-state index contributed by atoms with van der Waals surface area (Å²) in [5.74, 6) is -0.426. The summed E-state index contributed by atoms with van der Waals surface area (Å²) < 4.78 is 33.0. The van der Waals surface area contributed by atoms with E-state index in [0.29, 0.717) is 11.3 Å². The van der Waals surface area contributed by atoms with Crippen LogP contribution in [0.15, 0.2) is 53.4 Å². The highest BCUT2D eigenvalue weighted by atomic mass is 32.2. The van der Waals surface area contributed by atoms with E-state index in [0.717, 1.165) is 6.26 Å². The maximum atomic E-state index is 12.3. The average molecular weight is 362 g/mol. The topological polar surface area (TPSA) is 86.7 Å². The lowest BCUT2D eigenvalue weighted by Crippen LogP contribution is -2.24. The normalized spacial score (nSPS) is 12.3. The molecule has 0 saturated carbocycles. The second-order valence-electron chi connectivity index (χ2n) is 5.44. The van der Waals surface area contributed by atoms with Crippen LogP contribution in [0, 0.1) is 0 Å². The van der Waals surface area contributed by atoms with Crippen LogP contribution < -0.4 is 4.74 Å². The molecule has 0 aliphatic rings. The fourth-order valence-corrected chi connectivity index (χ4v) is 2.74. The summed E-state index contributed by atoms with van der Waals surface area (Å²) in [6.07, 6.45) is 0.103. The van der Waals surface area contributed by atoms with Crippen LogP contribution in [0.2, 0.25) is 0 Å². The predicted molar refractivity (Wildman–Crippen MR) is 91.8 cm³/mol. The molecule has 0 fully saturated rings. The molecule has 0 spiro atoms. The summed E-state index contributed by atoms with van der Waals surface area (Å²) in [6, 6.07) is 11.8. The Bertz CT molecular complexity index is 867. The number of esters is 1. The summed E-state index contributed by atoms with van der Waals surface area (Å²) in [5, 5.41) is 0. The van der Waals surface area contributed by atoms with Gasteiger partial charge in [0.25, 0.3) is 0 Å². The first-order chi connectivity index (χ1) is 11.7. The van der Waals surface area contributed by atoms with Crippen LogP contribution in [0.3, 0.4) is 0 Å². The molecule has 6 nitrogen and oxygen atoms in total. The smallest absolute Gasteiger partial charge is 0.338 e. The number of ketones is 1. The van der Waals surface area contributed by atoms with E-state index in [9.17, 15) is 18.0 Å². The molecule has 0 N–H and O–H groups in total. The number of methoxy groups -OCH3 is 1. The molecule has 0 saturated heterocycles. The zero-order valence-corrected chi connectivity index (χ0v) is 14.9. The number of ether oxygens (including phenoxy) is 2. The van der Waals surface area contributed by atoms with Gasteiger partial charge in [0, 0.05) is 11.8 Å². The molecule has 2 rings (SSSR count). The van der Waals surface area contributed by atoms with Crippen LogP contribution in [0.25, 0.3) is 0 Å². The Hall–Kier alpha value is -2.67. The fraction of sp³-hybridized carbons (Fsp3) is 0.222. The second-order valence-corrected chi connectivity index (χ2v) is 7.45. The third-order valence-corrected chi connectivity index (χ3v) is 4.67. The van der Waals surface area contributed by atoms with Gasteiger partial charge in [-0.1, -0.05) is 0 Å². The van der Waals surface area contributed by atoms with Gasteiger partial charge in [0.15, 0.2) is 15.9 Å². The van der Waals surface area contributed by atoms with E-state index in [1.165, 1.54) is 38.3 Å². The number of sulfone groups is 1. The minimum atomic E-state index is -3.34. The monoisotopic (exact) mass is 362 g/mol. The average Bonchev–Trinajstić information content (AvgIpc) is 2.60. The fourth-order valence-electron chi connectivity index (χ4n) is 2.11. The number of benzene rings is 2. The molecule has 0 aliphatic carbocycles. The molecule has 0 unspecified atom stereocenters. The van der Waals surface area contributed by atoms with Crippen molar-refractivity contribution in [1.82, 2.24) is 0 Å². The third-order valence-electron chi connectivity index (χ3n) is 3.55. The number of Topliss-reactive ketones (excluding diaryl/α,β-unsaturated/α-hetero) is 1. The lowest BCUT2D eigenvalue weighted by atomic mass is 10.1. The molecule has 7 heteroatoms. The quantitative estimate of drug-likeness (QED) is 0.580. The van der Waals surface area contributed by atoms with Crippen LogP contribution in [-0.2, 0) is 14.6 Å². The number of hydrogen-bond acceptors (Lipinski definition) is 6. The molecule has 0 amide bonds. The van der Waals surface area contributed by atoms with Gasteiger partial charge in [-0.05, 0) is 55.5 Å². The largest absolute Gasteiger partial charge is 0.497 e. The van der Waals surface area contributed by atoms with Crippen molar-refractivity contribution in [3.8, 4) is 5.75 Å². The first-order valence-corrected chi connectivity index (χ1v) is 9.31. The van der Waals surface area contributed by atoms with Crippen molar-refractivity contribution in [1.29, 1.82) is 0 Å². The summed E-state index contributed by atoms with van der Waals surface area (Å²) in [6.45, 7) is 1.48. The van der Waals surface area contributed by atoms with E-state index >= 15 is 0 Å². The maximum absolute atomic E-state index is 12.3. The molecule has 0 aliphatic heterocycles. The van der Waals surface area contributed by atoms with E-state index < -0.39 is 21.9 Å². The number of carbonyl (C=O) groups excluding carboxylic acids is 2. The zero-order chi connectivity index (χ0) is 18.6. The van der Waals surface area contributed by atoms with Gasteiger partial charge in [-0.25, -0.2) is 13.2 Å². The van der Waals surface area contributed by atoms with E-state index in [2.05, 4.69) is 0 Å². The van der Waals surface area contributed by atoms with Gasteiger partial charge in [0.2, 0.25) is 5.78 Å². The van der Waals surface area contributed by atoms with Gasteiger partial charge in [0.1, 0.15) is 5.75 Å². The van der Waals surface area contributed by atoms with Crippen LogP contribution >= 0.6 is 0 Å². The highest BCUT2D eigenvalue weighted by Gasteiger charge is 2.20. The van der Waals surface area contributed by atoms with E-state index in [1.54, 1.807) is 24.3 Å². The Morgan fingerprint density at radius 2 is 1.44 bits per heavy atom. The lowest BCUT2D eigenvalue weighted by molar-refractivity contribution is 0.0318. The molecule has 1 atom stereocenters. The molecule has 0 heterocycles. The van der Waals surface area contributed by atoms with Gasteiger partial charge in [-0.2, -0.15) is 0 Å². The zero-order valence-electron chi connectivity index (χ0n) is 14.1. The Morgan fingerprint density at radius 3 is 1.92 bits per heavy atom. The second kappa shape index (κ2) is 7.48. The van der Waals surface area contributed by atoms with Gasteiger partial charge in [-0.3, -0.25) is 4.79 Å². The molecule has 2 aromatic rings. The minimum absolute atomic E-state index is 0.103. The van der Waals surface area contributed by atoms with Gasteiger partial charge >= 0.3 is 5.97 Å². The van der Waals surface area contributed by atoms with E-state index in [-0.39, 0.29) is 16.2 Å². The minimum Gasteiger partial charge on any atom is -0.497 e. The summed E-state index contributed by atoms with van der Waals surface area (Å²) >= 11 is 0. The van der Waals surface area contributed by atoms with Crippen LogP contribution in [-0.4, -0.2) is 39.6 Å². The van der Waals surface area contributed by atoms with Gasteiger partial charge < -0.3 is 9.47 Å².